The van der Waals surface area contributed by atoms with Gasteiger partial charge in [0.2, 0.25) is 5.91 Å². The summed E-state index contributed by atoms with van der Waals surface area (Å²) in [6.07, 6.45) is 4.96. The zero-order chi connectivity index (χ0) is 13.0. The number of nitrogens with one attached hydrogen (secondary N) is 1. The van der Waals surface area contributed by atoms with Crippen molar-refractivity contribution in [3.63, 3.8) is 0 Å². The van der Waals surface area contributed by atoms with Crippen LogP contribution in [0.25, 0.3) is 0 Å². The fourth-order valence-electron chi connectivity index (χ4n) is 2.46. The summed E-state index contributed by atoms with van der Waals surface area (Å²) in [5.74, 6) is -0.276. The average molecular weight is 254 g/mol. The molecule has 0 unspecified atom stereocenters. The molecule has 1 heterocycles. The van der Waals surface area contributed by atoms with E-state index in [1.807, 2.05) is 4.90 Å². The third-order valence-corrected chi connectivity index (χ3v) is 3.78. The van der Waals surface area contributed by atoms with Crippen molar-refractivity contribution >= 4 is 11.9 Å². The molecule has 0 aromatic heterocycles. The number of carboxylic acid groups (broad SMARTS) is 1. The molecule has 1 amide bonds. The van der Waals surface area contributed by atoms with Gasteiger partial charge in [0.05, 0.1) is 0 Å². The van der Waals surface area contributed by atoms with Gasteiger partial charge in [-0.25, -0.2) is 0 Å². The van der Waals surface area contributed by atoms with E-state index >= 15 is 0 Å². The standard InChI is InChI=1S/C13H22N2O3/c16-12(3-6-14-11-1-2-11)15-7-4-10(5-8-15)9-13(17)18/h10-11,14H,1-9H2,(H,17,18). The minimum absolute atomic E-state index is 0.205. The first-order valence-corrected chi connectivity index (χ1v) is 6.88. The Labute approximate surface area is 108 Å². The zero-order valence-corrected chi connectivity index (χ0v) is 10.7. The predicted molar refractivity (Wildman–Crippen MR) is 67.2 cm³/mol. The quantitative estimate of drug-likeness (QED) is 0.737. The maximum Gasteiger partial charge on any atom is 0.303 e. The van der Waals surface area contributed by atoms with E-state index in [1.54, 1.807) is 0 Å². The van der Waals surface area contributed by atoms with Gasteiger partial charge in [0, 0.05) is 38.5 Å². The topological polar surface area (TPSA) is 69.6 Å². The highest BCUT2D eigenvalue weighted by molar-refractivity contribution is 5.76. The fraction of sp³-hybridized carbons (Fsp3) is 0.846. The summed E-state index contributed by atoms with van der Waals surface area (Å²) in [4.78, 5) is 24.4. The summed E-state index contributed by atoms with van der Waals surface area (Å²) in [5, 5.41) is 12.1. The number of hydrogen-bond donors (Lipinski definition) is 2. The van der Waals surface area contributed by atoms with Crippen molar-refractivity contribution in [3.8, 4) is 0 Å². The molecular formula is C13H22N2O3. The molecule has 2 fully saturated rings. The van der Waals surface area contributed by atoms with Gasteiger partial charge in [-0.2, -0.15) is 0 Å². The van der Waals surface area contributed by atoms with Gasteiger partial charge in [0.25, 0.3) is 0 Å². The molecule has 102 valence electrons. The van der Waals surface area contributed by atoms with Crippen LogP contribution in [0.5, 0.6) is 0 Å². The number of likely N-dealkylation sites (tertiary alicyclic amines) is 1. The lowest BCUT2D eigenvalue weighted by atomic mass is 9.93. The first-order chi connectivity index (χ1) is 8.65. The molecule has 0 radical (unpaired) electrons. The van der Waals surface area contributed by atoms with Gasteiger partial charge in [-0.15, -0.1) is 0 Å². The zero-order valence-electron chi connectivity index (χ0n) is 10.7. The van der Waals surface area contributed by atoms with Crippen LogP contribution < -0.4 is 5.32 Å². The molecule has 1 aliphatic heterocycles. The lowest BCUT2D eigenvalue weighted by Crippen LogP contribution is -2.40. The summed E-state index contributed by atoms with van der Waals surface area (Å²) in [5.41, 5.74) is 0. The number of carboxylic acids is 1. The Morgan fingerprint density at radius 3 is 2.39 bits per heavy atom. The molecule has 2 N–H and O–H groups in total. The molecule has 0 atom stereocenters. The monoisotopic (exact) mass is 254 g/mol. The van der Waals surface area contributed by atoms with E-state index in [2.05, 4.69) is 5.32 Å². The van der Waals surface area contributed by atoms with Crippen molar-refractivity contribution in [1.29, 1.82) is 0 Å². The Balaban J connectivity index is 1.61. The Bertz CT molecular complexity index is 307. The molecule has 1 saturated heterocycles. The second kappa shape index (κ2) is 6.18. The lowest BCUT2D eigenvalue weighted by Gasteiger charge is -2.31. The van der Waals surface area contributed by atoms with Crippen LogP contribution in [0.3, 0.4) is 0 Å². The first kappa shape index (κ1) is 13.3. The summed E-state index contributed by atoms with van der Waals surface area (Å²) in [6.45, 7) is 2.22. The highest BCUT2D eigenvalue weighted by Gasteiger charge is 2.25. The third-order valence-electron chi connectivity index (χ3n) is 3.78. The molecule has 0 aromatic carbocycles. The van der Waals surface area contributed by atoms with Crippen molar-refractivity contribution in [2.24, 2.45) is 5.92 Å². The minimum atomic E-state index is -0.728. The smallest absolute Gasteiger partial charge is 0.303 e. The number of carbonyl (C=O) groups is 2. The Morgan fingerprint density at radius 2 is 1.83 bits per heavy atom. The van der Waals surface area contributed by atoms with Crippen LogP contribution in [-0.2, 0) is 9.59 Å². The number of carbonyl (C=O) groups excluding carboxylic acids is 1. The van der Waals surface area contributed by atoms with Crippen LogP contribution in [0.1, 0.15) is 38.5 Å². The highest BCUT2D eigenvalue weighted by atomic mass is 16.4. The Kier molecular flexibility index (Phi) is 4.58. The van der Waals surface area contributed by atoms with Gasteiger partial charge < -0.3 is 15.3 Å². The largest absolute Gasteiger partial charge is 0.481 e. The number of piperidine rings is 1. The van der Waals surface area contributed by atoms with E-state index in [0.717, 1.165) is 32.5 Å². The van der Waals surface area contributed by atoms with Crippen LogP contribution in [0.15, 0.2) is 0 Å². The number of nitrogens with zero attached hydrogens (tertiary/aromatic N) is 1. The van der Waals surface area contributed by atoms with Crippen molar-refractivity contribution in [3.05, 3.63) is 0 Å². The van der Waals surface area contributed by atoms with E-state index < -0.39 is 5.97 Å². The van der Waals surface area contributed by atoms with Crippen molar-refractivity contribution in [2.45, 2.75) is 44.6 Å². The molecule has 0 bridgehead atoms. The van der Waals surface area contributed by atoms with E-state index in [9.17, 15) is 9.59 Å². The highest BCUT2D eigenvalue weighted by Crippen LogP contribution is 2.21. The predicted octanol–water partition coefficient (Wildman–Crippen LogP) is 0.842. The van der Waals surface area contributed by atoms with Gasteiger partial charge in [0.15, 0.2) is 0 Å². The summed E-state index contributed by atoms with van der Waals surface area (Å²) < 4.78 is 0. The maximum atomic E-state index is 11.9. The second-order valence-corrected chi connectivity index (χ2v) is 5.40. The molecule has 0 aromatic rings. The van der Waals surface area contributed by atoms with Crippen LogP contribution in [0.4, 0.5) is 0 Å². The van der Waals surface area contributed by atoms with Crippen LogP contribution >= 0.6 is 0 Å². The van der Waals surface area contributed by atoms with Crippen molar-refractivity contribution < 1.29 is 14.7 Å². The maximum absolute atomic E-state index is 11.9. The molecule has 18 heavy (non-hydrogen) atoms. The van der Waals surface area contributed by atoms with Crippen LogP contribution in [0.2, 0.25) is 0 Å². The summed E-state index contributed by atoms with van der Waals surface area (Å²) >= 11 is 0. The average Bonchev–Trinajstić information content (AvgIpc) is 3.13. The molecule has 5 heteroatoms. The van der Waals surface area contributed by atoms with Gasteiger partial charge >= 0.3 is 5.97 Å². The van der Waals surface area contributed by atoms with Gasteiger partial charge in [-0.3, -0.25) is 9.59 Å². The normalized spacial score (nSPS) is 21.0. The molecule has 1 saturated carbocycles. The SMILES string of the molecule is O=C(O)CC1CCN(C(=O)CCNC2CC2)CC1. The van der Waals surface area contributed by atoms with Crippen molar-refractivity contribution in [1.82, 2.24) is 10.2 Å². The summed E-state index contributed by atoms with van der Waals surface area (Å²) in [7, 11) is 0. The number of aliphatic carboxylic acids is 1. The van der Waals surface area contributed by atoms with Crippen LogP contribution in [0, 0.1) is 5.92 Å². The molecular weight excluding hydrogens is 232 g/mol. The minimum Gasteiger partial charge on any atom is -0.481 e. The third kappa shape index (κ3) is 4.29. The van der Waals surface area contributed by atoms with E-state index in [4.69, 9.17) is 5.11 Å². The van der Waals surface area contributed by atoms with Gasteiger partial charge in [0.1, 0.15) is 0 Å². The molecule has 1 aliphatic carbocycles. The molecule has 0 spiro atoms. The molecule has 2 rings (SSSR count). The second-order valence-electron chi connectivity index (χ2n) is 5.40. The number of amides is 1. The Morgan fingerprint density at radius 1 is 1.17 bits per heavy atom. The van der Waals surface area contributed by atoms with E-state index in [1.165, 1.54) is 12.8 Å². The first-order valence-electron chi connectivity index (χ1n) is 6.88. The number of rotatable bonds is 6. The van der Waals surface area contributed by atoms with Gasteiger partial charge in [-0.05, 0) is 31.6 Å². The summed E-state index contributed by atoms with van der Waals surface area (Å²) in [6, 6.07) is 0.652. The Hall–Kier alpha value is -1.10. The van der Waals surface area contributed by atoms with Crippen molar-refractivity contribution in [2.75, 3.05) is 19.6 Å². The number of hydrogen-bond acceptors (Lipinski definition) is 3. The molecule has 2 aliphatic rings. The molecule has 5 nitrogen and oxygen atoms in total. The van der Waals surface area contributed by atoms with Crippen LogP contribution in [-0.4, -0.2) is 47.6 Å². The van der Waals surface area contributed by atoms with E-state index in [-0.39, 0.29) is 18.2 Å². The van der Waals surface area contributed by atoms with E-state index in [0.29, 0.717) is 12.5 Å². The fourth-order valence-corrected chi connectivity index (χ4v) is 2.46. The van der Waals surface area contributed by atoms with Gasteiger partial charge in [-0.1, -0.05) is 0 Å². The lowest BCUT2D eigenvalue weighted by molar-refractivity contribution is -0.138.